The monoisotopic (exact) mass is 326 g/mol. The van der Waals surface area contributed by atoms with Crippen molar-refractivity contribution in [3.05, 3.63) is 33.5 Å². The van der Waals surface area contributed by atoms with Crippen molar-refractivity contribution >= 4 is 39.1 Å². The third-order valence-electron chi connectivity index (χ3n) is 2.27. The second-order valence-electron chi connectivity index (χ2n) is 3.94. The van der Waals surface area contributed by atoms with Gasteiger partial charge in [-0.2, -0.15) is 0 Å². The first-order valence-electron chi connectivity index (χ1n) is 5.33. The number of hydrogen-bond acceptors (Lipinski definition) is 5. The minimum atomic E-state index is -0.206. The topological polar surface area (TPSA) is 67.8 Å². The van der Waals surface area contributed by atoms with Crippen molar-refractivity contribution < 1.29 is 4.79 Å². The van der Waals surface area contributed by atoms with Crippen LogP contribution in [0.25, 0.3) is 0 Å². The fourth-order valence-electron chi connectivity index (χ4n) is 1.39. The largest absolute Gasteiger partial charge is 0.319 e. The molecule has 0 atom stereocenters. The summed E-state index contributed by atoms with van der Waals surface area (Å²) in [6.07, 6.45) is 1.65. The van der Waals surface area contributed by atoms with E-state index in [-0.39, 0.29) is 11.8 Å². The second-order valence-corrected chi connectivity index (χ2v) is 5.44. The van der Waals surface area contributed by atoms with Crippen LogP contribution in [0.4, 0.5) is 5.69 Å². The summed E-state index contributed by atoms with van der Waals surface area (Å²) in [5.41, 5.74) is 1.35. The molecule has 0 spiro atoms. The molecule has 0 saturated heterocycles. The van der Waals surface area contributed by atoms with E-state index in [1.807, 2.05) is 13.8 Å². The van der Waals surface area contributed by atoms with Gasteiger partial charge in [0.25, 0.3) is 5.91 Å². The molecule has 18 heavy (non-hydrogen) atoms. The predicted molar refractivity (Wildman–Crippen MR) is 73.9 cm³/mol. The van der Waals surface area contributed by atoms with Crippen LogP contribution in [-0.2, 0) is 0 Å². The zero-order valence-corrected chi connectivity index (χ0v) is 12.2. The van der Waals surface area contributed by atoms with Gasteiger partial charge in [0.1, 0.15) is 9.48 Å². The SMILES string of the molecule is CC(C)c1nnsc1C(=O)Nc1cccnc1Br. The van der Waals surface area contributed by atoms with Crippen LogP contribution < -0.4 is 5.32 Å². The summed E-state index contributed by atoms with van der Waals surface area (Å²) in [5, 5.41) is 6.77. The van der Waals surface area contributed by atoms with Crippen LogP contribution in [0.3, 0.4) is 0 Å². The van der Waals surface area contributed by atoms with Crippen LogP contribution in [0.5, 0.6) is 0 Å². The molecule has 0 aromatic carbocycles. The molecule has 1 N–H and O–H groups in total. The molecule has 7 heteroatoms. The predicted octanol–water partition coefficient (Wildman–Crippen LogP) is 3.07. The molecule has 0 aliphatic heterocycles. The van der Waals surface area contributed by atoms with E-state index in [1.54, 1.807) is 18.3 Å². The first-order chi connectivity index (χ1) is 8.59. The Morgan fingerprint density at radius 3 is 2.94 bits per heavy atom. The average Bonchev–Trinajstić information content (AvgIpc) is 2.81. The van der Waals surface area contributed by atoms with Crippen LogP contribution in [0.2, 0.25) is 0 Å². The molecule has 0 aliphatic carbocycles. The van der Waals surface area contributed by atoms with Crippen LogP contribution in [0.15, 0.2) is 22.9 Å². The lowest BCUT2D eigenvalue weighted by Gasteiger charge is -2.06. The highest BCUT2D eigenvalue weighted by atomic mass is 79.9. The first-order valence-corrected chi connectivity index (χ1v) is 6.90. The summed E-state index contributed by atoms with van der Waals surface area (Å²) >= 11 is 4.38. The number of amides is 1. The number of hydrogen-bond donors (Lipinski definition) is 1. The maximum atomic E-state index is 12.1. The number of nitrogens with one attached hydrogen (secondary N) is 1. The first kappa shape index (κ1) is 13.1. The fourth-order valence-corrected chi connectivity index (χ4v) is 2.46. The highest BCUT2D eigenvalue weighted by molar-refractivity contribution is 9.10. The molecule has 2 heterocycles. The van der Waals surface area contributed by atoms with E-state index >= 15 is 0 Å². The van der Waals surface area contributed by atoms with Gasteiger partial charge < -0.3 is 5.32 Å². The van der Waals surface area contributed by atoms with Gasteiger partial charge in [0, 0.05) is 6.20 Å². The standard InChI is InChI=1S/C11H11BrN4OS/c1-6(2)8-9(18-16-15-8)11(17)14-7-4-3-5-13-10(7)12/h3-6H,1-2H3,(H,14,17). The minimum absolute atomic E-state index is 0.168. The highest BCUT2D eigenvalue weighted by Gasteiger charge is 2.19. The van der Waals surface area contributed by atoms with Crippen molar-refractivity contribution in [3.8, 4) is 0 Å². The number of pyridine rings is 1. The summed E-state index contributed by atoms with van der Waals surface area (Å²) < 4.78 is 4.43. The number of nitrogens with zero attached hydrogens (tertiary/aromatic N) is 3. The molecule has 0 saturated carbocycles. The van der Waals surface area contributed by atoms with E-state index in [0.717, 1.165) is 17.2 Å². The Kier molecular flexibility index (Phi) is 4.03. The van der Waals surface area contributed by atoms with E-state index in [9.17, 15) is 4.79 Å². The van der Waals surface area contributed by atoms with Crippen LogP contribution in [0.1, 0.15) is 35.1 Å². The van der Waals surface area contributed by atoms with Crippen molar-refractivity contribution in [1.82, 2.24) is 14.6 Å². The number of carbonyl (C=O) groups is 1. The molecule has 2 aromatic heterocycles. The maximum Gasteiger partial charge on any atom is 0.269 e. The summed E-state index contributed by atoms with van der Waals surface area (Å²) in [7, 11) is 0. The molecule has 94 valence electrons. The lowest BCUT2D eigenvalue weighted by Crippen LogP contribution is -2.13. The number of anilines is 1. The number of halogens is 1. The van der Waals surface area contributed by atoms with Gasteiger partial charge in [0.05, 0.1) is 11.4 Å². The van der Waals surface area contributed by atoms with Crippen molar-refractivity contribution in [2.45, 2.75) is 19.8 Å². The third-order valence-corrected chi connectivity index (χ3v) is 3.65. The lowest BCUT2D eigenvalue weighted by atomic mass is 10.1. The van der Waals surface area contributed by atoms with Crippen LogP contribution in [-0.4, -0.2) is 20.5 Å². The van der Waals surface area contributed by atoms with Crippen LogP contribution in [0, 0.1) is 0 Å². The van der Waals surface area contributed by atoms with Crippen molar-refractivity contribution in [2.75, 3.05) is 5.32 Å². The molecule has 0 unspecified atom stereocenters. The van der Waals surface area contributed by atoms with Crippen molar-refractivity contribution in [1.29, 1.82) is 0 Å². The second kappa shape index (κ2) is 5.53. The van der Waals surface area contributed by atoms with Gasteiger partial charge in [-0.15, -0.1) is 5.10 Å². The molecule has 2 aromatic rings. The third kappa shape index (κ3) is 2.73. The van der Waals surface area contributed by atoms with E-state index in [4.69, 9.17) is 0 Å². The maximum absolute atomic E-state index is 12.1. The van der Waals surface area contributed by atoms with Crippen LogP contribution >= 0.6 is 27.5 Å². The molecule has 1 amide bonds. The van der Waals surface area contributed by atoms with Gasteiger partial charge in [-0.05, 0) is 45.5 Å². The smallest absolute Gasteiger partial charge is 0.269 e. The van der Waals surface area contributed by atoms with Crippen molar-refractivity contribution in [2.24, 2.45) is 0 Å². The summed E-state index contributed by atoms with van der Waals surface area (Å²) in [6.45, 7) is 3.96. The molecule has 0 radical (unpaired) electrons. The zero-order valence-electron chi connectivity index (χ0n) is 9.85. The van der Waals surface area contributed by atoms with Crippen molar-refractivity contribution in [3.63, 3.8) is 0 Å². The molecule has 0 bridgehead atoms. The normalized spacial score (nSPS) is 10.7. The van der Waals surface area contributed by atoms with E-state index in [1.165, 1.54) is 0 Å². The molecule has 5 nitrogen and oxygen atoms in total. The summed E-state index contributed by atoms with van der Waals surface area (Å²) in [4.78, 5) is 16.7. The lowest BCUT2D eigenvalue weighted by molar-refractivity contribution is 0.102. The number of aromatic nitrogens is 3. The molecular weight excluding hydrogens is 316 g/mol. The Morgan fingerprint density at radius 2 is 2.28 bits per heavy atom. The van der Waals surface area contributed by atoms with Gasteiger partial charge in [0.2, 0.25) is 0 Å². The zero-order chi connectivity index (χ0) is 13.1. The van der Waals surface area contributed by atoms with Gasteiger partial charge in [-0.25, -0.2) is 4.98 Å². The Hall–Kier alpha value is -1.34. The fraction of sp³-hybridized carbons (Fsp3) is 0.273. The average molecular weight is 327 g/mol. The molecule has 0 aliphatic rings. The summed E-state index contributed by atoms with van der Waals surface area (Å²) in [6, 6.07) is 3.53. The Balaban J connectivity index is 2.23. The number of carbonyl (C=O) groups excluding carboxylic acids is 1. The van der Waals surface area contributed by atoms with Gasteiger partial charge in [-0.1, -0.05) is 18.3 Å². The Bertz CT molecular complexity index is 570. The Labute approximate surface area is 117 Å². The van der Waals surface area contributed by atoms with E-state index in [2.05, 4.69) is 35.8 Å². The van der Waals surface area contributed by atoms with Gasteiger partial charge in [-0.3, -0.25) is 4.79 Å². The Morgan fingerprint density at radius 1 is 1.50 bits per heavy atom. The molecular formula is C11H11BrN4OS. The molecule has 0 fully saturated rings. The molecule has 2 rings (SSSR count). The van der Waals surface area contributed by atoms with E-state index in [0.29, 0.717) is 15.2 Å². The highest BCUT2D eigenvalue weighted by Crippen LogP contribution is 2.23. The minimum Gasteiger partial charge on any atom is -0.319 e. The van der Waals surface area contributed by atoms with Gasteiger partial charge in [0.15, 0.2) is 0 Å². The van der Waals surface area contributed by atoms with E-state index < -0.39 is 0 Å². The van der Waals surface area contributed by atoms with Gasteiger partial charge >= 0.3 is 0 Å². The summed E-state index contributed by atoms with van der Waals surface area (Å²) in [5.74, 6) is -0.0377. The quantitative estimate of drug-likeness (QED) is 0.880. The number of rotatable bonds is 3.